The fourth-order valence-electron chi connectivity index (χ4n) is 4.01. The number of rotatable bonds is 6. The van der Waals surface area contributed by atoms with Gasteiger partial charge in [-0.15, -0.1) is 0 Å². The van der Waals surface area contributed by atoms with Gasteiger partial charge in [-0.3, -0.25) is 4.98 Å². The van der Waals surface area contributed by atoms with Crippen molar-refractivity contribution in [2.45, 2.75) is 6.04 Å². The van der Waals surface area contributed by atoms with E-state index in [1.54, 1.807) is 12.4 Å². The normalized spacial score (nSPS) is 11.8. The van der Waals surface area contributed by atoms with Gasteiger partial charge in [0.05, 0.1) is 44.9 Å². The maximum atomic E-state index is 13.7. The summed E-state index contributed by atoms with van der Waals surface area (Å²) in [6.07, 6.45) is 5.10. The molecule has 5 aromatic rings. The Hall–Kier alpha value is -3.83. The van der Waals surface area contributed by atoms with Gasteiger partial charge in [-0.05, 0) is 48.0 Å². The Kier molecular flexibility index (Phi) is 6.90. The van der Waals surface area contributed by atoms with Gasteiger partial charge in [0.1, 0.15) is 11.9 Å². The number of aromatic nitrogens is 3. The molecule has 2 aromatic heterocycles. The summed E-state index contributed by atoms with van der Waals surface area (Å²) in [5.74, 6) is -0.537. The number of fused-ring (bicyclic) bond motifs is 1. The molecule has 1 atom stereocenters. The quantitative estimate of drug-likeness (QED) is 0.224. The lowest BCUT2D eigenvalue weighted by atomic mass is 10.0. The molecule has 184 valence electrons. The monoisotopic (exact) mass is 550 g/mol. The maximum absolute atomic E-state index is 13.7. The lowest BCUT2D eigenvalue weighted by Gasteiger charge is -2.20. The van der Waals surface area contributed by atoms with Crippen LogP contribution in [0.1, 0.15) is 22.9 Å². The maximum Gasteiger partial charge on any atom is 0.141 e. The van der Waals surface area contributed by atoms with Crippen LogP contribution in [-0.4, -0.2) is 14.5 Å². The Morgan fingerprint density at radius 1 is 0.973 bits per heavy atom. The molecule has 0 aliphatic heterocycles. The van der Waals surface area contributed by atoms with Crippen molar-refractivity contribution in [3.05, 3.63) is 111 Å². The Labute approximate surface area is 227 Å². The average Bonchev–Trinajstić information content (AvgIpc) is 3.31. The summed E-state index contributed by atoms with van der Waals surface area (Å²) in [4.78, 5) is 8.93. The van der Waals surface area contributed by atoms with E-state index in [-0.39, 0.29) is 11.1 Å². The smallest absolute Gasteiger partial charge is 0.141 e. The van der Waals surface area contributed by atoms with Crippen LogP contribution in [0.4, 0.5) is 21.5 Å². The molecule has 0 radical (unpaired) electrons. The molecule has 0 aliphatic rings. The molecular formula is C27H18Cl3FN6. The van der Waals surface area contributed by atoms with Crippen LogP contribution in [0.5, 0.6) is 0 Å². The van der Waals surface area contributed by atoms with Crippen molar-refractivity contribution >= 4 is 62.8 Å². The number of halogens is 4. The first-order valence-electron chi connectivity index (χ1n) is 11.1. The first-order valence-corrected chi connectivity index (χ1v) is 12.2. The Morgan fingerprint density at radius 3 is 2.41 bits per heavy atom. The summed E-state index contributed by atoms with van der Waals surface area (Å²) >= 11 is 18.7. The number of nitrogens with zero attached hydrogens (tertiary/aromatic N) is 4. The molecule has 6 nitrogen and oxygen atoms in total. The molecule has 0 amide bonds. The van der Waals surface area contributed by atoms with Gasteiger partial charge >= 0.3 is 0 Å². The third kappa shape index (κ3) is 5.18. The van der Waals surface area contributed by atoms with Gasteiger partial charge in [-0.1, -0.05) is 46.9 Å². The summed E-state index contributed by atoms with van der Waals surface area (Å²) < 4.78 is 15.6. The first kappa shape index (κ1) is 24.8. The number of hydrogen-bond acceptors (Lipinski definition) is 5. The van der Waals surface area contributed by atoms with Crippen LogP contribution in [0.3, 0.4) is 0 Å². The van der Waals surface area contributed by atoms with Gasteiger partial charge in [0.25, 0.3) is 0 Å². The molecule has 0 spiro atoms. The summed E-state index contributed by atoms with van der Waals surface area (Å²) in [5.41, 5.74) is 4.20. The molecule has 0 fully saturated rings. The molecule has 5 rings (SSSR count). The van der Waals surface area contributed by atoms with Gasteiger partial charge in [-0.25, -0.2) is 9.37 Å². The van der Waals surface area contributed by atoms with Crippen LogP contribution in [0.15, 0.2) is 73.3 Å². The molecule has 0 saturated carbocycles. The molecule has 10 heteroatoms. The highest BCUT2D eigenvalue weighted by molar-refractivity contribution is 6.36. The predicted molar refractivity (Wildman–Crippen MR) is 146 cm³/mol. The zero-order valence-electron chi connectivity index (χ0n) is 19.3. The van der Waals surface area contributed by atoms with Crippen LogP contribution in [0.25, 0.3) is 10.9 Å². The summed E-state index contributed by atoms with van der Waals surface area (Å²) in [5, 5.41) is 18.1. The highest BCUT2D eigenvalue weighted by Gasteiger charge is 2.19. The van der Waals surface area contributed by atoms with Gasteiger partial charge in [-0.2, -0.15) is 5.26 Å². The molecule has 0 bridgehead atoms. The SMILES string of the molecule is Cn1cnc(C(Nc2cc(Cl)c3ncc(C#N)c(Nc4ccc(F)c(Cl)c4)c3c2)c2ccc(Cl)cc2)c1. The Balaban J connectivity index is 1.61. The molecule has 2 N–H and O–H groups in total. The number of pyridine rings is 1. The summed E-state index contributed by atoms with van der Waals surface area (Å²) in [6, 6.07) is 17.2. The number of aryl methyl sites for hydroxylation is 1. The zero-order chi connectivity index (χ0) is 26.1. The van der Waals surface area contributed by atoms with E-state index in [4.69, 9.17) is 34.8 Å². The van der Waals surface area contributed by atoms with Gasteiger partial charge < -0.3 is 15.2 Å². The number of nitriles is 1. The minimum absolute atomic E-state index is 0.0385. The summed E-state index contributed by atoms with van der Waals surface area (Å²) in [6.45, 7) is 0. The van der Waals surface area contributed by atoms with E-state index < -0.39 is 5.82 Å². The van der Waals surface area contributed by atoms with E-state index >= 15 is 0 Å². The average molecular weight is 552 g/mol. The molecule has 37 heavy (non-hydrogen) atoms. The fraction of sp³-hybridized carbons (Fsp3) is 0.0741. The van der Waals surface area contributed by atoms with Crippen molar-refractivity contribution in [3.63, 3.8) is 0 Å². The summed E-state index contributed by atoms with van der Waals surface area (Å²) in [7, 11) is 1.90. The van der Waals surface area contributed by atoms with Crippen LogP contribution >= 0.6 is 34.8 Å². The Bertz CT molecular complexity index is 1660. The number of imidazole rings is 1. The van der Waals surface area contributed by atoms with E-state index in [0.29, 0.717) is 43.6 Å². The minimum atomic E-state index is -0.537. The fourth-order valence-corrected chi connectivity index (χ4v) is 4.59. The van der Waals surface area contributed by atoms with Crippen molar-refractivity contribution in [2.24, 2.45) is 7.05 Å². The second kappa shape index (κ2) is 10.3. The van der Waals surface area contributed by atoms with Gasteiger partial charge in [0.2, 0.25) is 0 Å². The zero-order valence-corrected chi connectivity index (χ0v) is 21.6. The van der Waals surface area contributed by atoms with Crippen molar-refractivity contribution in [2.75, 3.05) is 10.6 Å². The van der Waals surface area contributed by atoms with Crippen LogP contribution < -0.4 is 10.6 Å². The minimum Gasteiger partial charge on any atom is -0.373 e. The highest BCUT2D eigenvalue weighted by Crippen LogP contribution is 2.37. The van der Waals surface area contributed by atoms with Gasteiger partial charge in [0.15, 0.2) is 0 Å². The highest BCUT2D eigenvalue weighted by atomic mass is 35.5. The molecular weight excluding hydrogens is 534 g/mol. The van der Waals surface area contributed by atoms with E-state index in [1.165, 1.54) is 24.4 Å². The molecule has 0 aliphatic carbocycles. The largest absolute Gasteiger partial charge is 0.373 e. The third-order valence-corrected chi connectivity index (χ3v) is 6.60. The second-order valence-electron chi connectivity index (χ2n) is 8.36. The van der Waals surface area contributed by atoms with E-state index in [0.717, 1.165) is 11.3 Å². The number of hydrogen-bond donors (Lipinski definition) is 2. The van der Waals surface area contributed by atoms with Crippen molar-refractivity contribution in [1.82, 2.24) is 14.5 Å². The molecule has 2 heterocycles. The number of anilines is 3. The van der Waals surface area contributed by atoms with Crippen molar-refractivity contribution < 1.29 is 4.39 Å². The van der Waals surface area contributed by atoms with Crippen molar-refractivity contribution in [3.8, 4) is 6.07 Å². The van der Waals surface area contributed by atoms with E-state index in [2.05, 4.69) is 26.7 Å². The topological polar surface area (TPSA) is 78.6 Å². The van der Waals surface area contributed by atoms with Crippen LogP contribution in [0.2, 0.25) is 15.1 Å². The van der Waals surface area contributed by atoms with E-state index in [1.807, 2.05) is 48.1 Å². The van der Waals surface area contributed by atoms with Crippen molar-refractivity contribution in [1.29, 1.82) is 5.26 Å². The third-order valence-electron chi connectivity index (χ3n) is 5.77. The Morgan fingerprint density at radius 2 is 1.73 bits per heavy atom. The standard InChI is InChI=1S/C27H18Cl3FN6/c1-37-13-24(34-14-37)26(15-2-4-17(28)5-3-15)36-19-8-20-25(35-18-6-7-23(31)21(29)9-18)16(11-32)12-33-27(20)22(30)10-19/h2-10,12-14,26,36H,1H3,(H,33,35). The lowest BCUT2D eigenvalue weighted by molar-refractivity contribution is 0.628. The molecule has 3 aromatic carbocycles. The number of benzene rings is 3. The predicted octanol–water partition coefficient (Wildman–Crippen LogP) is 7.88. The lowest BCUT2D eigenvalue weighted by Crippen LogP contribution is -2.13. The van der Waals surface area contributed by atoms with E-state index in [9.17, 15) is 9.65 Å². The van der Waals surface area contributed by atoms with Crippen LogP contribution in [-0.2, 0) is 7.05 Å². The second-order valence-corrected chi connectivity index (χ2v) is 9.61. The van der Waals surface area contributed by atoms with Crippen LogP contribution in [0, 0.1) is 17.1 Å². The molecule has 1 unspecified atom stereocenters. The first-order chi connectivity index (χ1) is 17.8. The molecule has 0 saturated heterocycles. The number of nitrogens with one attached hydrogen (secondary N) is 2. The van der Waals surface area contributed by atoms with Gasteiger partial charge in [0, 0.05) is 41.2 Å².